The molecule has 1 heteroatoms. The molecule has 0 heterocycles. The SMILES string of the molecule is [Si]Cc1ccc(-c2cccc3ccccc23)cc1. The Bertz CT molecular complexity index is 663. The van der Waals surface area contributed by atoms with Crippen LogP contribution in [0.15, 0.2) is 66.7 Å². The van der Waals surface area contributed by atoms with Gasteiger partial charge in [-0.15, -0.1) is 0 Å². The summed E-state index contributed by atoms with van der Waals surface area (Å²) < 4.78 is 0. The molecular weight excluding hydrogens is 232 g/mol. The Balaban J connectivity index is 2.18. The average molecular weight is 245 g/mol. The van der Waals surface area contributed by atoms with E-state index >= 15 is 0 Å². The van der Waals surface area contributed by atoms with Gasteiger partial charge in [0.15, 0.2) is 0 Å². The minimum Gasteiger partial charge on any atom is -0.0616 e. The minimum atomic E-state index is 0.899. The zero-order chi connectivity index (χ0) is 12.4. The van der Waals surface area contributed by atoms with Crippen molar-refractivity contribution in [2.24, 2.45) is 0 Å². The summed E-state index contributed by atoms with van der Waals surface area (Å²) in [5.74, 6) is 0. The molecule has 3 radical (unpaired) electrons. The lowest BCUT2D eigenvalue weighted by atomic mass is 9.98. The van der Waals surface area contributed by atoms with E-state index in [1.807, 2.05) is 0 Å². The molecule has 0 spiro atoms. The number of hydrogen-bond acceptors (Lipinski definition) is 0. The van der Waals surface area contributed by atoms with E-state index in [0.717, 1.165) is 6.04 Å². The molecule has 0 aliphatic heterocycles. The fraction of sp³-hybridized carbons (Fsp3) is 0.0588. The lowest BCUT2D eigenvalue weighted by Gasteiger charge is -2.07. The topological polar surface area (TPSA) is 0 Å². The molecule has 0 aromatic heterocycles. The molecule has 0 atom stereocenters. The molecule has 3 aromatic carbocycles. The van der Waals surface area contributed by atoms with Crippen molar-refractivity contribution in [3.63, 3.8) is 0 Å². The first-order valence-corrected chi connectivity index (χ1v) is 6.81. The van der Waals surface area contributed by atoms with Gasteiger partial charge in [0.2, 0.25) is 0 Å². The third-order valence-corrected chi connectivity index (χ3v) is 3.67. The van der Waals surface area contributed by atoms with Gasteiger partial charge in [0.1, 0.15) is 0 Å². The molecule has 0 unspecified atom stereocenters. The first-order chi connectivity index (χ1) is 8.88. The second-order valence-corrected chi connectivity index (χ2v) is 4.75. The number of benzene rings is 3. The van der Waals surface area contributed by atoms with Crippen LogP contribution in [0.4, 0.5) is 0 Å². The van der Waals surface area contributed by atoms with Crippen LogP contribution in [0.3, 0.4) is 0 Å². The van der Waals surface area contributed by atoms with Crippen molar-refractivity contribution >= 4 is 21.0 Å². The Morgan fingerprint density at radius 1 is 0.722 bits per heavy atom. The second-order valence-electron chi connectivity index (χ2n) is 4.40. The van der Waals surface area contributed by atoms with Crippen LogP contribution in [0.2, 0.25) is 0 Å². The van der Waals surface area contributed by atoms with Crippen LogP contribution < -0.4 is 0 Å². The molecule has 3 aromatic rings. The van der Waals surface area contributed by atoms with Gasteiger partial charge < -0.3 is 0 Å². The highest BCUT2D eigenvalue weighted by atomic mass is 28.1. The van der Waals surface area contributed by atoms with E-state index in [1.54, 1.807) is 0 Å². The molecular formula is C17H13Si. The summed E-state index contributed by atoms with van der Waals surface area (Å²) in [6, 6.07) is 24.6. The Morgan fingerprint density at radius 3 is 2.22 bits per heavy atom. The van der Waals surface area contributed by atoms with E-state index in [2.05, 4.69) is 77.0 Å². The molecule has 0 aliphatic rings. The van der Waals surface area contributed by atoms with Gasteiger partial charge in [-0.1, -0.05) is 72.3 Å². The summed E-state index contributed by atoms with van der Waals surface area (Å²) in [5.41, 5.74) is 3.87. The van der Waals surface area contributed by atoms with Gasteiger partial charge >= 0.3 is 0 Å². The minimum absolute atomic E-state index is 0.899. The summed E-state index contributed by atoms with van der Waals surface area (Å²) in [5, 5.41) is 2.60. The number of rotatable bonds is 2. The quantitative estimate of drug-likeness (QED) is 0.594. The van der Waals surface area contributed by atoms with Crippen molar-refractivity contribution in [2.75, 3.05) is 0 Å². The summed E-state index contributed by atoms with van der Waals surface area (Å²) >= 11 is 0. The molecule has 0 aliphatic carbocycles. The van der Waals surface area contributed by atoms with E-state index in [9.17, 15) is 0 Å². The van der Waals surface area contributed by atoms with Gasteiger partial charge in [0, 0.05) is 10.2 Å². The number of hydrogen-bond donors (Lipinski definition) is 0. The summed E-state index contributed by atoms with van der Waals surface area (Å²) in [4.78, 5) is 0. The van der Waals surface area contributed by atoms with Crippen LogP contribution in [-0.2, 0) is 6.04 Å². The Hall–Kier alpha value is -1.86. The predicted octanol–water partition coefficient (Wildman–Crippen LogP) is 4.18. The first-order valence-electron chi connectivity index (χ1n) is 6.10. The average Bonchev–Trinajstić information content (AvgIpc) is 2.47. The van der Waals surface area contributed by atoms with Crippen LogP contribution >= 0.6 is 0 Å². The third kappa shape index (κ3) is 1.98. The normalized spacial score (nSPS) is 10.7. The highest BCUT2D eigenvalue weighted by molar-refractivity contribution is 6.08. The van der Waals surface area contributed by atoms with E-state index in [-0.39, 0.29) is 0 Å². The summed E-state index contributed by atoms with van der Waals surface area (Å²) in [6.45, 7) is 0. The van der Waals surface area contributed by atoms with Crippen molar-refractivity contribution < 1.29 is 0 Å². The zero-order valence-corrected chi connectivity index (χ0v) is 11.1. The highest BCUT2D eigenvalue weighted by Crippen LogP contribution is 2.28. The largest absolute Gasteiger partial charge is 0.0616 e. The van der Waals surface area contributed by atoms with Gasteiger partial charge in [-0.2, -0.15) is 0 Å². The van der Waals surface area contributed by atoms with Gasteiger partial charge in [0.25, 0.3) is 0 Å². The lowest BCUT2D eigenvalue weighted by Crippen LogP contribution is -1.85. The Morgan fingerprint density at radius 2 is 1.44 bits per heavy atom. The molecule has 0 fully saturated rings. The van der Waals surface area contributed by atoms with Crippen molar-refractivity contribution in [1.29, 1.82) is 0 Å². The van der Waals surface area contributed by atoms with Crippen LogP contribution in [-0.4, -0.2) is 10.2 Å². The lowest BCUT2D eigenvalue weighted by molar-refractivity contribution is 1.40. The fourth-order valence-electron chi connectivity index (χ4n) is 2.28. The predicted molar refractivity (Wildman–Crippen MR) is 78.8 cm³/mol. The smallest absolute Gasteiger partial charge is 0.0283 e. The molecule has 18 heavy (non-hydrogen) atoms. The molecule has 0 N–H and O–H groups in total. The first kappa shape index (κ1) is 11.2. The second kappa shape index (κ2) is 4.79. The monoisotopic (exact) mass is 245 g/mol. The molecule has 0 nitrogen and oxygen atoms in total. The van der Waals surface area contributed by atoms with Gasteiger partial charge in [-0.25, -0.2) is 0 Å². The third-order valence-electron chi connectivity index (χ3n) is 3.26. The van der Waals surface area contributed by atoms with E-state index in [1.165, 1.54) is 27.5 Å². The maximum absolute atomic E-state index is 3.53. The standard InChI is InChI=1S/C17H13Si/c18-12-13-8-10-15(11-9-13)17-7-3-5-14-4-1-2-6-16(14)17/h1-11H,12H2. The molecule has 3 rings (SSSR count). The molecule has 0 saturated heterocycles. The Kier molecular flexibility index (Phi) is 2.99. The summed E-state index contributed by atoms with van der Waals surface area (Å²) in [7, 11) is 3.53. The Labute approximate surface area is 111 Å². The highest BCUT2D eigenvalue weighted by Gasteiger charge is 2.02. The summed E-state index contributed by atoms with van der Waals surface area (Å²) in [6.07, 6.45) is 0. The van der Waals surface area contributed by atoms with Gasteiger partial charge in [-0.05, 0) is 27.9 Å². The van der Waals surface area contributed by atoms with Crippen LogP contribution in [0, 0.1) is 0 Å². The van der Waals surface area contributed by atoms with Gasteiger partial charge in [-0.3, -0.25) is 0 Å². The van der Waals surface area contributed by atoms with Crippen LogP contribution in [0.25, 0.3) is 21.9 Å². The van der Waals surface area contributed by atoms with E-state index in [4.69, 9.17) is 0 Å². The molecule has 0 bridgehead atoms. The van der Waals surface area contributed by atoms with Crippen LogP contribution in [0.1, 0.15) is 5.56 Å². The molecule has 0 saturated carbocycles. The van der Waals surface area contributed by atoms with Crippen molar-refractivity contribution in [3.05, 3.63) is 72.3 Å². The zero-order valence-electron chi connectivity index (χ0n) is 10.1. The number of fused-ring (bicyclic) bond motifs is 1. The molecule has 0 amide bonds. The van der Waals surface area contributed by atoms with Gasteiger partial charge in [0.05, 0.1) is 0 Å². The fourth-order valence-corrected chi connectivity index (χ4v) is 2.51. The van der Waals surface area contributed by atoms with E-state index < -0.39 is 0 Å². The van der Waals surface area contributed by atoms with Crippen molar-refractivity contribution in [3.8, 4) is 11.1 Å². The van der Waals surface area contributed by atoms with Crippen molar-refractivity contribution in [1.82, 2.24) is 0 Å². The van der Waals surface area contributed by atoms with E-state index in [0.29, 0.717) is 0 Å². The molecule has 85 valence electrons. The maximum atomic E-state index is 3.53. The maximum Gasteiger partial charge on any atom is 0.0283 e. The van der Waals surface area contributed by atoms with Crippen molar-refractivity contribution in [2.45, 2.75) is 6.04 Å². The van der Waals surface area contributed by atoms with Crippen LogP contribution in [0.5, 0.6) is 0 Å².